The van der Waals surface area contributed by atoms with Crippen LogP contribution in [0.2, 0.25) is 10.0 Å². The van der Waals surface area contributed by atoms with E-state index in [9.17, 15) is 9.90 Å². The number of halogens is 2. The van der Waals surface area contributed by atoms with Crippen molar-refractivity contribution in [1.82, 2.24) is 9.78 Å². The van der Waals surface area contributed by atoms with Crippen molar-refractivity contribution in [2.24, 2.45) is 10.2 Å². The number of rotatable bonds is 4. The van der Waals surface area contributed by atoms with E-state index in [4.69, 9.17) is 23.2 Å². The summed E-state index contributed by atoms with van der Waals surface area (Å²) in [5, 5.41) is 21.0. The second kappa shape index (κ2) is 7.00. The third kappa shape index (κ3) is 3.12. The summed E-state index contributed by atoms with van der Waals surface area (Å²) in [6.45, 7) is -0.399. The third-order valence-electron chi connectivity index (χ3n) is 3.30. The predicted octanol–water partition coefficient (Wildman–Crippen LogP) is 4.38. The van der Waals surface area contributed by atoms with E-state index >= 15 is 0 Å². The molecule has 0 atom stereocenters. The van der Waals surface area contributed by atoms with E-state index < -0.39 is 12.2 Å². The van der Waals surface area contributed by atoms with Gasteiger partial charge >= 0.3 is 0 Å². The number of H-pyrrole nitrogens is 1. The van der Waals surface area contributed by atoms with Crippen molar-refractivity contribution in [3.63, 3.8) is 0 Å². The van der Waals surface area contributed by atoms with Gasteiger partial charge in [0.25, 0.3) is 5.56 Å². The minimum atomic E-state index is -0.469. The molecule has 0 aliphatic heterocycles. The molecule has 122 valence electrons. The predicted molar refractivity (Wildman–Crippen MR) is 93.0 cm³/mol. The number of para-hydroxylation sites is 1. The van der Waals surface area contributed by atoms with Gasteiger partial charge in [-0.1, -0.05) is 47.5 Å². The lowest BCUT2D eigenvalue weighted by Crippen LogP contribution is -2.14. The monoisotopic (exact) mass is 362 g/mol. The summed E-state index contributed by atoms with van der Waals surface area (Å²) in [5.41, 5.74) is 0.641. The highest BCUT2D eigenvalue weighted by Gasteiger charge is 2.16. The van der Waals surface area contributed by atoms with Gasteiger partial charge in [0.15, 0.2) is 5.69 Å². The number of nitrogens with one attached hydrogen (secondary N) is 1. The average Bonchev–Trinajstić information content (AvgIpc) is 2.90. The highest BCUT2D eigenvalue weighted by molar-refractivity contribution is 6.33. The second-order valence-electron chi connectivity index (χ2n) is 4.84. The first-order chi connectivity index (χ1) is 11.6. The molecular formula is C16H12Cl2N4O2. The van der Waals surface area contributed by atoms with Crippen molar-refractivity contribution in [2.75, 3.05) is 0 Å². The maximum absolute atomic E-state index is 12.6. The van der Waals surface area contributed by atoms with Gasteiger partial charge in [-0.25, -0.2) is 4.68 Å². The summed E-state index contributed by atoms with van der Waals surface area (Å²) in [4.78, 5) is 12.6. The standard InChI is InChI=1S/C16H12Cl2N4O2/c17-10-5-1-3-7-12(10)19-20-15-13(9-23)21-22(16(15)24)14-8-4-2-6-11(14)18/h1-8,21,23H,9H2. The number of hydrogen-bond acceptors (Lipinski definition) is 4. The summed E-state index contributed by atoms with van der Waals surface area (Å²) in [6, 6.07) is 13.7. The molecule has 0 bridgehead atoms. The van der Waals surface area contributed by atoms with E-state index in [1.165, 1.54) is 4.68 Å². The molecule has 1 aromatic heterocycles. The van der Waals surface area contributed by atoms with E-state index in [1.807, 2.05) is 0 Å². The number of nitrogens with zero attached hydrogens (tertiary/aromatic N) is 3. The zero-order valence-corrected chi connectivity index (χ0v) is 13.8. The van der Waals surface area contributed by atoms with Gasteiger partial charge in [-0.3, -0.25) is 9.89 Å². The van der Waals surface area contributed by atoms with Gasteiger partial charge in [-0.2, -0.15) is 0 Å². The molecule has 1 heterocycles. The van der Waals surface area contributed by atoms with Crippen LogP contribution in [0.4, 0.5) is 11.4 Å². The normalized spacial score (nSPS) is 11.3. The quantitative estimate of drug-likeness (QED) is 0.675. The lowest BCUT2D eigenvalue weighted by Gasteiger charge is -2.03. The Morgan fingerprint density at radius 1 is 1.00 bits per heavy atom. The molecule has 0 saturated heterocycles. The minimum absolute atomic E-state index is 0.00246. The van der Waals surface area contributed by atoms with Crippen molar-refractivity contribution >= 4 is 34.6 Å². The molecule has 2 N–H and O–H groups in total. The maximum atomic E-state index is 12.6. The number of hydrogen-bond donors (Lipinski definition) is 2. The van der Waals surface area contributed by atoms with Crippen molar-refractivity contribution in [3.05, 3.63) is 74.6 Å². The SMILES string of the molecule is O=c1c(N=Nc2ccccc2Cl)c(CO)[nH]n1-c1ccccc1Cl. The number of aromatic amines is 1. The first-order valence-corrected chi connectivity index (χ1v) is 7.73. The lowest BCUT2D eigenvalue weighted by atomic mass is 10.3. The number of aromatic nitrogens is 2. The van der Waals surface area contributed by atoms with E-state index in [0.29, 0.717) is 21.4 Å². The van der Waals surface area contributed by atoms with Crippen LogP contribution in [0, 0.1) is 0 Å². The molecule has 0 aliphatic rings. The van der Waals surface area contributed by atoms with Crippen LogP contribution in [-0.4, -0.2) is 14.9 Å². The van der Waals surface area contributed by atoms with E-state index in [2.05, 4.69) is 15.3 Å². The summed E-state index contributed by atoms with van der Waals surface area (Å²) < 4.78 is 1.22. The third-order valence-corrected chi connectivity index (χ3v) is 3.94. The average molecular weight is 363 g/mol. The van der Waals surface area contributed by atoms with Crippen molar-refractivity contribution in [1.29, 1.82) is 0 Å². The van der Waals surface area contributed by atoms with Crippen LogP contribution in [0.15, 0.2) is 63.6 Å². The number of aliphatic hydroxyl groups excluding tert-OH is 1. The van der Waals surface area contributed by atoms with Gasteiger partial charge in [-0.15, -0.1) is 10.2 Å². The Balaban J connectivity index is 2.08. The fraction of sp³-hybridized carbons (Fsp3) is 0.0625. The Hall–Kier alpha value is -2.41. The van der Waals surface area contributed by atoms with Crippen molar-refractivity contribution < 1.29 is 5.11 Å². The Labute approximate surface area is 147 Å². The summed E-state index contributed by atoms with van der Waals surface area (Å²) in [6.07, 6.45) is 0. The van der Waals surface area contributed by atoms with E-state index in [0.717, 1.165) is 0 Å². The van der Waals surface area contributed by atoms with Crippen molar-refractivity contribution in [3.8, 4) is 5.69 Å². The van der Waals surface area contributed by atoms with Crippen LogP contribution in [0.1, 0.15) is 5.69 Å². The number of aliphatic hydroxyl groups is 1. The molecule has 24 heavy (non-hydrogen) atoms. The smallest absolute Gasteiger partial charge is 0.299 e. The van der Waals surface area contributed by atoms with E-state index in [1.54, 1.807) is 48.5 Å². The first-order valence-electron chi connectivity index (χ1n) is 6.97. The van der Waals surface area contributed by atoms with Gasteiger partial charge in [0, 0.05) is 0 Å². The topological polar surface area (TPSA) is 82.7 Å². The summed E-state index contributed by atoms with van der Waals surface area (Å²) >= 11 is 12.1. The van der Waals surface area contributed by atoms with Crippen LogP contribution in [0.25, 0.3) is 5.69 Å². The van der Waals surface area contributed by atoms with Gasteiger partial charge in [-0.05, 0) is 24.3 Å². The Kier molecular flexibility index (Phi) is 4.80. The fourth-order valence-corrected chi connectivity index (χ4v) is 2.52. The van der Waals surface area contributed by atoms with Crippen LogP contribution in [-0.2, 0) is 6.61 Å². The molecule has 6 nitrogen and oxygen atoms in total. The molecule has 0 fully saturated rings. The largest absolute Gasteiger partial charge is 0.390 e. The Bertz CT molecular complexity index is 963. The molecule has 0 saturated carbocycles. The van der Waals surface area contributed by atoms with Crippen LogP contribution in [0.5, 0.6) is 0 Å². The number of benzene rings is 2. The molecule has 0 spiro atoms. The fourth-order valence-electron chi connectivity index (χ4n) is 2.13. The van der Waals surface area contributed by atoms with Crippen LogP contribution in [0.3, 0.4) is 0 Å². The van der Waals surface area contributed by atoms with E-state index in [-0.39, 0.29) is 11.4 Å². The highest BCUT2D eigenvalue weighted by Crippen LogP contribution is 2.26. The Morgan fingerprint density at radius 3 is 2.33 bits per heavy atom. The molecule has 3 rings (SSSR count). The maximum Gasteiger partial charge on any atom is 0.299 e. The molecule has 0 aliphatic carbocycles. The molecule has 3 aromatic rings. The highest BCUT2D eigenvalue weighted by atomic mass is 35.5. The number of azo groups is 1. The van der Waals surface area contributed by atoms with Gasteiger partial charge < -0.3 is 5.11 Å². The first kappa shape index (κ1) is 16.4. The second-order valence-corrected chi connectivity index (χ2v) is 5.65. The molecule has 0 radical (unpaired) electrons. The minimum Gasteiger partial charge on any atom is -0.390 e. The molecule has 8 heteroatoms. The molecule has 0 unspecified atom stereocenters. The van der Waals surface area contributed by atoms with Crippen molar-refractivity contribution in [2.45, 2.75) is 6.61 Å². The summed E-state index contributed by atoms with van der Waals surface area (Å²) in [7, 11) is 0. The zero-order chi connectivity index (χ0) is 17.1. The lowest BCUT2D eigenvalue weighted by molar-refractivity contribution is 0.276. The van der Waals surface area contributed by atoms with Gasteiger partial charge in [0.1, 0.15) is 5.69 Å². The molecule has 2 aromatic carbocycles. The van der Waals surface area contributed by atoms with Gasteiger partial charge in [0.05, 0.1) is 28.0 Å². The van der Waals surface area contributed by atoms with Crippen LogP contribution >= 0.6 is 23.2 Å². The molecular weight excluding hydrogens is 351 g/mol. The zero-order valence-electron chi connectivity index (χ0n) is 12.3. The Morgan fingerprint density at radius 2 is 1.67 bits per heavy atom. The summed E-state index contributed by atoms with van der Waals surface area (Å²) in [5.74, 6) is 0. The van der Waals surface area contributed by atoms with Crippen LogP contribution < -0.4 is 5.56 Å². The molecule has 0 amide bonds. The van der Waals surface area contributed by atoms with Gasteiger partial charge in [0.2, 0.25) is 0 Å².